The van der Waals surface area contributed by atoms with Gasteiger partial charge in [0.25, 0.3) is 5.91 Å². The highest BCUT2D eigenvalue weighted by atomic mass is 32.1. The molecule has 6 nitrogen and oxygen atoms in total. The fourth-order valence-electron chi connectivity index (χ4n) is 3.09. The second-order valence-electron chi connectivity index (χ2n) is 6.88. The molecule has 0 radical (unpaired) electrons. The minimum absolute atomic E-state index is 0.171. The van der Waals surface area contributed by atoms with Crippen LogP contribution in [0.25, 0.3) is 5.13 Å². The highest BCUT2D eigenvalue weighted by Crippen LogP contribution is 2.25. The van der Waals surface area contributed by atoms with Gasteiger partial charge in [-0.05, 0) is 44.2 Å². The largest absolute Gasteiger partial charge is 0.457 e. The molecule has 0 fully saturated rings. The van der Waals surface area contributed by atoms with Crippen LogP contribution in [-0.2, 0) is 6.42 Å². The molecule has 30 heavy (non-hydrogen) atoms. The number of thiazole rings is 1. The highest BCUT2D eigenvalue weighted by molar-refractivity contribution is 7.12. The minimum Gasteiger partial charge on any atom is -0.457 e. The van der Waals surface area contributed by atoms with Crippen molar-refractivity contribution in [2.24, 2.45) is 0 Å². The predicted molar refractivity (Wildman–Crippen MR) is 118 cm³/mol. The van der Waals surface area contributed by atoms with Crippen molar-refractivity contribution >= 4 is 17.2 Å². The van der Waals surface area contributed by atoms with Crippen LogP contribution in [0.3, 0.4) is 0 Å². The molecule has 2 aromatic heterocycles. The lowest BCUT2D eigenvalue weighted by Gasteiger charge is -2.11. The van der Waals surface area contributed by atoms with Gasteiger partial charge >= 0.3 is 0 Å². The normalized spacial score (nSPS) is 10.7. The van der Waals surface area contributed by atoms with Gasteiger partial charge < -0.3 is 10.1 Å². The van der Waals surface area contributed by atoms with Gasteiger partial charge in [-0.3, -0.25) is 4.79 Å². The first kappa shape index (κ1) is 19.8. The lowest BCUT2D eigenvalue weighted by Crippen LogP contribution is -2.26. The van der Waals surface area contributed by atoms with Crippen LogP contribution in [0.5, 0.6) is 11.5 Å². The van der Waals surface area contributed by atoms with Gasteiger partial charge in [0.05, 0.1) is 17.0 Å². The van der Waals surface area contributed by atoms with E-state index in [1.54, 1.807) is 23.5 Å². The number of para-hydroxylation sites is 2. The van der Waals surface area contributed by atoms with Crippen LogP contribution in [-0.4, -0.2) is 27.2 Å². The van der Waals surface area contributed by atoms with Gasteiger partial charge in [-0.25, -0.2) is 9.67 Å². The van der Waals surface area contributed by atoms with Crippen molar-refractivity contribution in [2.45, 2.75) is 20.3 Å². The summed E-state index contributed by atoms with van der Waals surface area (Å²) in [5.74, 6) is 1.05. The topological polar surface area (TPSA) is 69.0 Å². The Kier molecular flexibility index (Phi) is 5.90. The second-order valence-corrected chi connectivity index (χ2v) is 7.71. The zero-order valence-corrected chi connectivity index (χ0v) is 17.6. The third-order valence-electron chi connectivity index (χ3n) is 4.50. The molecule has 4 aromatic rings. The zero-order chi connectivity index (χ0) is 20.9. The number of hydrogen-bond donors (Lipinski definition) is 1. The van der Waals surface area contributed by atoms with E-state index in [-0.39, 0.29) is 5.91 Å². The Bertz CT molecular complexity index is 1150. The number of carbonyl (C=O) groups excluding carboxylic acids is 1. The number of carbonyl (C=O) groups is 1. The maximum atomic E-state index is 12.7. The maximum absolute atomic E-state index is 12.7. The molecule has 0 unspecified atom stereocenters. The summed E-state index contributed by atoms with van der Waals surface area (Å²) in [5, 5.41) is 10.3. The van der Waals surface area contributed by atoms with E-state index < -0.39 is 0 Å². The van der Waals surface area contributed by atoms with Gasteiger partial charge in [0.2, 0.25) is 5.13 Å². The van der Waals surface area contributed by atoms with E-state index in [1.165, 1.54) is 0 Å². The SMILES string of the molecule is Cc1cc(C)n(-c2nc(CCNC(=O)c3ccccc3Oc3ccccc3)cs2)n1. The number of aromatic nitrogens is 3. The summed E-state index contributed by atoms with van der Waals surface area (Å²) in [6, 6.07) is 18.7. The molecular weight excluding hydrogens is 396 g/mol. The second kappa shape index (κ2) is 8.92. The Morgan fingerprint density at radius 2 is 1.87 bits per heavy atom. The Hall–Kier alpha value is -3.45. The fraction of sp³-hybridized carbons (Fsp3) is 0.174. The lowest BCUT2D eigenvalue weighted by molar-refractivity contribution is 0.0952. The molecule has 2 heterocycles. The van der Waals surface area contributed by atoms with Gasteiger partial charge in [0.15, 0.2) is 0 Å². The standard InChI is InChI=1S/C23H22N4O2S/c1-16-14-17(2)27(26-16)23-25-18(15-30-23)12-13-24-22(28)20-10-6-7-11-21(20)29-19-8-4-3-5-9-19/h3-11,14-15H,12-13H2,1-2H3,(H,24,28). The lowest BCUT2D eigenvalue weighted by atomic mass is 10.2. The summed E-state index contributed by atoms with van der Waals surface area (Å²) in [7, 11) is 0. The molecule has 0 bridgehead atoms. The molecule has 7 heteroatoms. The van der Waals surface area contributed by atoms with Crippen molar-refractivity contribution in [1.29, 1.82) is 0 Å². The number of aryl methyl sites for hydroxylation is 2. The van der Waals surface area contributed by atoms with Gasteiger partial charge in [-0.1, -0.05) is 30.3 Å². The summed E-state index contributed by atoms with van der Waals surface area (Å²) in [6.45, 7) is 4.46. The average molecular weight is 419 g/mol. The maximum Gasteiger partial charge on any atom is 0.255 e. The van der Waals surface area contributed by atoms with Crippen molar-refractivity contribution in [3.63, 3.8) is 0 Å². The van der Waals surface area contributed by atoms with Gasteiger partial charge in [0.1, 0.15) is 11.5 Å². The smallest absolute Gasteiger partial charge is 0.255 e. The molecule has 152 valence electrons. The van der Waals surface area contributed by atoms with Crippen molar-refractivity contribution < 1.29 is 9.53 Å². The third-order valence-corrected chi connectivity index (χ3v) is 5.36. The summed E-state index contributed by atoms with van der Waals surface area (Å²) < 4.78 is 7.73. The molecule has 0 aliphatic rings. The predicted octanol–water partition coefficient (Wildman–Crippen LogP) is 4.71. The van der Waals surface area contributed by atoms with E-state index in [9.17, 15) is 4.79 Å². The Labute approximate surface area is 179 Å². The molecule has 0 spiro atoms. The number of ether oxygens (including phenoxy) is 1. The third kappa shape index (κ3) is 4.58. The Morgan fingerprint density at radius 1 is 1.10 bits per heavy atom. The molecule has 0 saturated carbocycles. The quantitative estimate of drug-likeness (QED) is 0.472. The number of nitrogens with one attached hydrogen (secondary N) is 1. The van der Waals surface area contributed by atoms with Crippen molar-refractivity contribution in [3.05, 3.63) is 88.7 Å². The summed E-state index contributed by atoms with van der Waals surface area (Å²) in [4.78, 5) is 17.3. The van der Waals surface area contributed by atoms with Gasteiger partial charge in [-0.2, -0.15) is 5.10 Å². The van der Waals surface area contributed by atoms with E-state index in [2.05, 4.69) is 15.4 Å². The van der Waals surface area contributed by atoms with Crippen LogP contribution in [0.15, 0.2) is 66.0 Å². The molecule has 1 amide bonds. The van der Waals surface area contributed by atoms with E-state index in [1.807, 2.05) is 72.4 Å². The van der Waals surface area contributed by atoms with Crippen LogP contribution < -0.4 is 10.1 Å². The van der Waals surface area contributed by atoms with Crippen LogP contribution in [0.1, 0.15) is 27.4 Å². The van der Waals surface area contributed by atoms with Crippen molar-refractivity contribution in [1.82, 2.24) is 20.1 Å². The Balaban J connectivity index is 1.37. The fourth-order valence-corrected chi connectivity index (χ4v) is 3.96. The van der Waals surface area contributed by atoms with Crippen LogP contribution in [0.4, 0.5) is 0 Å². The first-order chi connectivity index (χ1) is 14.6. The minimum atomic E-state index is -0.171. The molecular formula is C23H22N4O2S. The summed E-state index contributed by atoms with van der Waals surface area (Å²) in [6.07, 6.45) is 0.642. The highest BCUT2D eigenvalue weighted by Gasteiger charge is 2.13. The number of hydrogen-bond acceptors (Lipinski definition) is 5. The molecule has 0 saturated heterocycles. The number of rotatable bonds is 7. The number of benzene rings is 2. The summed E-state index contributed by atoms with van der Waals surface area (Å²) in [5.41, 5.74) is 3.45. The Morgan fingerprint density at radius 3 is 2.63 bits per heavy atom. The molecule has 0 aliphatic heterocycles. The molecule has 0 aliphatic carbocycles. The van der Waals surface area contributed by atoms with Crippen molar-refractivity contribution in [3.8, 4) is 16.6 Å². The van der Waals surface area contributed by atoms with Crippen LogP contribution >= 0.6 is 11.3 Å². The monoisotopic (exact) mass is 418 g/mol. The summed E-state index contributed by atoms with van der Waals surface area (Å²) >= 11 is 1.55. The average Bonchev–Trinajstić information content (AvgIpc) is 3.34. The molecule has 0 atom stereocenters. The van der Waals surface area contributed by atoms with Crippen molar-refractivity contribution in [2.75, 3.05) is 6.54 Å². The van der Waals surface area contributed by atoms with E-state index in [0.29, 0.717) is 30.0 Å². The van der Waals surface area contributed by atoms with E-state index in [4.69, 9.17) is 4.74 Å². The van der Waals surface area contributed by atoms with E-state index >= 15 is 0 Å². The van der Waals surface area contributed by atoms with Crippen LogP contribution in [0, 0.1) is 13.8 Å². The van der Waals surface area contributed by atoms with E-state index in [0.717, 1.165) is 22.2 Å². The number of nitrogens with zero attached hydrogens (tertiary/aromatic N) is 3. The van der Waals surface area contributed by atoms with Gasteiger partial charge in [0, 0.05) is 24.0 Å². The first-order valence-electron chi connectivity index (χ1n) is 9.68. The molecule has 1 N–H and O–H groups in total. The van der Waals surface area contributed by atoms with Crippen LogP contribution in [0.2, 0.25) is 0 Å². The molecule has 2 aromatic carbocycles. The van der Waals surface area contributed by atoms with Gasteiger partial charge in [-0.15, -0.1) is 11.3 Å². The molecule has 4 rings (SSSR count). The number of amides is 1. The zero-order valence-electron chi connectivity index (χ0n) is 16.8. The first-order valence-corrected chi connectivity index (χ1v) is 10.6.